The highest BCUT2D eigenvalue weighted by Crippen LogP contribution is 2.12. The molecule has 0 radical (unpaired) electrons. The summed E-state index contributed by atoms with van der Waals surface area (Å²) in [6, 6.07) is -0.627. The molecule has 0 aromatic carbocycles. The van der Waals surface area contributed by atoms with E-state index in [4.69, 9.17) is 0 Å². The van der Waals surface area contributed by atoms with E-state index in [2.05, 4.69) is 5.32 Å². The van der Waals surface area contributed by atoms with Gasteiger partial charge in [0.15, 0.2) is 9.84 Å². The molecule has 1 heterocycles. The van der Waals surface area contributed by atoms with Crippen molar-refractivity contribution < 1.29 is 18.3 Å². The van der Waals surface area contributed by atoms with Crippen LogP contribution in [0.25, 0.3) is 0 Å². The standard InChI is InChI=1S/C7H13NO4S/c1-2-7(10)8-5-3-13(11,12)4-6(5)9/h5-6,9H,2-4H2,1H3,(H,8,10). The second-order valence-electron chi connectivity index (χ2n) is 3.17. The van der Waals surface area contributed by atoms with Gasteiger partial charge in [-0.2, -0.15) is 0 Å². The van der Waals surface area contributed by atoms with Gasteiger partial charge < -0.3 is 10.4 Å². The summed E-state index contributed by atoms with van der Waals surface area (Å²) >= 11 is 0. The molecule has 2 N–H and O–H groups in total. The van der Waals surface area contributed by atoms with Crippen LogP contribution in [0.2, 0.25) is 0 Å². The van der Waals surface area contributed by atoms with E-state index in [1.54, 1.807) is 6.92 Å². The summed E-state index contributed by atoms with van der Waals surface area (Å²) in [5.41, 5.74) is 0. The molecule has 1 aliphatic rings. The van der Waals surface area contributed by atoms with E-state index >= 15 is 0 Å². The normalized spacial score (nSPS) is 31.5. The van der Waals surface area contributed by atoms with Gasteiger partial charge in [-0.3, -0.25) is 4.79 Å². The molecule has 0 bridgehead atoms. The highest BCUT2D eigenvalue weighted by atomic mass is 32.2. The number of aliphatic hydroxyl groups excluding tert-OH is 1. The van der Waals surface area contributed by atoms with Crippen molar-refractivity contribution in [3.05, 3.63) is 0 Å². The lowest BCUT2D eigenvalue weighted by Gasteiger charge is -2.13. The first-order valence-corrected chi connectivity index (χ1v) is 5.94. The topological polar surface area (TPSA) is 83.5 Å². The molecule has 2 atom stereocenters. The van der Waals surface area contributed by atoms with Crippen LogP contribution in [0.15, 0.2) is 0 Å². The van der Waals surface area contributed by atoms with Gasteiger partial charge in [-0.05, 0) is 0 Å². The zero-order chi connectivity index (χ0) is 10.1. The first-order valence-electron chi connectivity index (χ1n) is 4.12. The number of aliphatic hydroxyl groups is 1. The quantitative estimate of drug-likeness (QED) is 0.587. The van der Waals surface area contributed by atoms with Crippen molar-refractivity contribution in [3.63, 3.8) is 0 Å². The number of rotatable bonds is 2. The molecule has 0 saturated carbocycles. The van der Waals surface area contributed by atoms with Crippen LogP contribution >= 0.6 is 0 Å². The largest absolute Gasteiger partial charge is 0.390 e. The summed E-state index contributed by atoms with van der Waals surface area (Å²) < 4.78 is 22.0. The van der Waals surface area contributed by atoms with Crippen molar-refractivity contribution in [1.82, 2.24) is 5.32 Å². The summed E-state index contributed by atoms with van der Waals surface area (Å²) in [6.07, 6.45) is -0.663. The third-order valence-corrected chi connectivity index (χ3v) is 3.71. The van der Waals surface area contributed by atoms with Gasteiger partial charge in [0.05, 0.1) is 23.7 Å². The van der Waals surface area contributed by atoms with E-state index in [0.29, 0.717) is 6.42 Å². The number of sulfone groups is 1. The maximum Gasteiger partial charge on any atom is 0.220 e. The number of hydrogen-bond acceptors (Lipinski definition) is 4. The van der Waals surface area contributed by atoms with E-state index in [-0.39, 0.29) is 17.4 Å². The van der Waals surface area contributed by atoms with Gasteiger partial charge in [0.25, 0.3) is 0 Å². The molecule has 5 nitrogen and oxygen atoms in total. The van der Waals surface area contributed by atoms with Gasteiger partial charge in [-0.1, -0.05) is 6.92 Å². The Morgan fingerprint density at radius 1 is 1.54 bits per heavy atom. The van der Waals surface area contributed by atoms with E-state index in [9.17, 15) is 18.3 Å². The SMILES string of the molecule is CCC(=O)NC1CS(=O)(=O)CC1O. The molecule has 0 aromatic rings. The Kier molecular flexibility index (Phi) is 2.92. The molecule has 1 fully saturated rings. The van der Waals surface area contributed by atoms with Crippen LogP contribution < -0.4 is 5.32 Å². The smallest absolute Gasteiger partial charge is 0.220 e. The lowest BCUT2D eigenvalue weighted by molar-refractivity contribution is -0.121. The molecule has 2 unspecified atom stereocenters. The summed E-state index contributed by atoms with van der Waals surface area (Å²) in [6.45, 7) is 1.67. The minimum Gasteiger partial charge on any atom is -0.390 e. The molecule has 1 saturated heterocycles. The zero-order valence-corrected chi connectivity index (χ0v) is 8.17. The first kappa shape index (κ1) is 10.5. The minimum atomic E-state index is -3.16. The Bertz CT molecular complexity index is 298. The van der Waals surface area contributed by atoms with Gasteiger partial charge in [0.2, 0.25) is 5.91 Å². The van der Waals surface area contributed by atoms with Gasteiger partial charge in [0, 0.05) is 6.42 Å². The molecule has 6 heteroatoms. The van der Waals surface area contributed by atoms with Gasteiger partial charge in [-0.15, -0.1) is 0 Å². The molecule has 1 aliphatic heterocycles. The number of carbonyl (C=O) groups is 1. The fourth-order valence-corrected chi connectivity index (χ4v) is 3.02. The molecule has 1 amide bonds. The highest BCUT2D eigenvalue weighted by molar-refractivity contribution is 7.91. The zero-order valence-electron chi connectivity index (χ0n) is 7.36. The van der Waals surface area contributed by atoms with Crippen molar-refractivity contribution in [3.8, 4) is 0 Å². The predicted octanol–water partition coefficient (Wildman–Crippen LogP) is -1.33. The van der Waals surface area contributed by atoms with E-state index < -0.39 is 22.0 Å². The number of hydrogen-bond donors (Lipinski definition) is 2. The third kappa shape index (κ3) is 2.67. The Morgan fingerprint density at radius 2 is 2.15 bits per heavy atom. The number of amides is 1. The van der Waals surface area contributed by atoms with Crippen molar-refractivity contribution in [1.29, 1.82) is 0 Å². The van der Waals surface area contributed by atoms with Crippen molar-refractivity contribution in [2.24, 2.45) is 0 Å². The molecule has 0 aromatic heterocycles. The van der Waals surface area contributed by atoms with Crippen molar-refractivity contribution in [2.45, 2.75) is 25.5 Å². The van der Waals surface area contributed by atoms with Crippen LogP contribution in [-0.4, -0.2) is 43.1 Å². The average Bonchev–Trinajstić information content (AvgIpc) is 2.24. The van der Waals surface area contributed by atoms with Crippen molar-refractivity contribution >= 4 is 15.7 Å². The highest BCUT2D eigenvalue weighted by Gasteiger charge is 2.36. The second-order valence-corrected chi connectivity index (χ2v) is 5.33. The lowest BCUT2D eigenvalue weighted by Crippen LogP contribution is -2.42. The van der Waals surface area contributed by atoms with Gasteiger partial charge >= 0.3 is 0 Å². The lowest BCUT2D eigenvalue weighted by atomic mass is 10.2. The summed E-state index contributed by atoms with van der Waals surface area (Å²) in [5.74, 6) is -0.636. The molecule has 0 aliphatic carbocycles. The minimum absolute atomic E-state index is 0.153. The predicted molar refractivity (Wildman–Crippen MR) is 46.9 cm³/mol. The maximum absolute atomic E-state index is 11.0. The molecular weight excluding hydrogens is 194 g/mol. The molecule has 76 valence electrons. The molecule has 0 spiro atoms. The summed E-state index contributed by atoms with van der Waals surface area (Å²) in [7, 11) is -3.16. The third-order valence-electron chi connectivity index (χ3n) is 1.99. The summed E-state index contributed by atoms with van der Waals surface area (Å²) in [5, 5.41) is 11.7. The van der Waals surface area contributed by atoms with Crippen LogP contribution in [-0.2, 0) is 14.6 Å². The van der Waals surface area contributed by atoms with Gasteiger partial charge in [-0.25, -0.2) is 8.42 Å². The van der Waals surface area contributed by atoms with Crippen LogP contribution in [0.3, 0.4) is 0 Å². The van der Waals surface area contributed by atoms with Crippen LogP contribution in [0.5, 0.6) is 0 Å². The Morgan fingerprint density at radius 3 is 2.54 bits per heavy atom. The molecule has 1 rings (SSSR count). The number of carbonyl (C=O) groups excluding carboxylic acids is 1. The Hall–Kier alpha value is -0.620. The van der Waals surface area contributed by atoms with Crippen LogP contribution in [0.1, 0.15) is 13.3 Å². The molecule has 13 heavy (non-hydrogen) atoms. The molecular formula is C7H13NO4S. The maximum atomic E-state index is 11.0. The van der Waals surface area contributed by atoms with Crippen molar-refractivity contribution in [2.75, 3.05) is 11.5 Å². The van der Waals surface area contributed by atoms with E-state index in [1.165, 1.54) is 0 Å². The van der Waals surface area contributed by atoms with Crippen LogP contribution in [0.4, 0.5) is 0 Å². The van der Waals surface area contributed by atoms with E-state index in [1.807, 2.05) is 0 Å². The second kappa shape index (κ2) is 3.63. The Balaban J connectivity index is 2.59. The average molecular weight is 207 g/mol. The first-order chi connectivity index (χ1) is 5.94. The number of nitrogens with one attached hydrogen (secondary N) is 1. The fourth-order valence-electron chi connectivity index (χ4n) is 1.28. The fraction of sp³-hybridized carbons (Fsp3) is 0.857. The monoisotopic (exact) mass is 207 g/mol. The van der Waals surface area contributed by atoms with E-state index in [0.717, 1.165) is 0 Å². The van der Waals surface area contributed by atoms with Gasteiger partial charge in [0.1, 0.15) is 0 Å². The summed E-state index contributed by atoms with van der Waals surface area (Å²) in [4.78, 5) is 10.9. The Labute approximate surface area is 77.1 Å². The van der Waals surface area contributed by atoms with Crippen LogP contribution in [0, 0.1) is 0 Å².